The molecule has 0 spiro atoms. The van der Waals surface area contributed by atoms with E-state index in [2.05, 4.69) is 5.32 Å². The Kier molecular flexibility index (Phi) is 2.35. The van der Waals surface area contributed by atoms with Gasteiger partial charge in [0.25, 0.3) is 10.9 Å². The lowest BCUT2D eigenvalue weighted by Crippen LogP contribution is -2.43. The van der Waals surface area contributed by atoms with E-state index in [4.69, 9.17) is 5.73 Å². The van der Waals surface area contributed by atoms with E-state index >= 15 is 0 Å². The number of nitrogens with two attached hydrogens (primary N) is 1. The van der Waals surface area contributed by atoms with E-state index in [-0.39, 0.29) is 11.4 Å². The molecular formula is C9H13FN2O2. The van der Waals surface area contributed by atoms with E-state index in [9.17, 15) is 14.0 Å². The molecule has 0 fully saturated rings. The summed E-state index contributed by atoms with van der Waals surface area (Å²) in [5.74, 6) is 0. The van der Waals surface area contributed by atoms with Gasteiger partial charge in [-0.25, -0.2) is 4.39 Å². The molecule has 1 aromatic carbocycles. The number of nitrogen functional groups attached to an aromatic ring is 1. The summed E-state index contributed by atoms with van der Waals surface area (Å²) in [6.45, 7) is 4.34. The van der Waals surface area contributed by atoms with Gasteiger partial charge in [0.1, 0.15) is 17.0 Å². The van der Waals surface area contributed by atoms with Crippen LogP contribution in [0.15, 0.2) is 9.59 Å². The molecule has 0 bridgehead atoms. The third-order valence-electron chi connectivity index (χ3n) is 2.34. The van der Waals surface area contributed by atoms with Gasteiger partial charge in [-0.3, -0.25) is 9.59 Å². The van der Waals surface area contributed by atoms with Crippen molar-refractivity contribution in [3.63, 3.8) is 0 Å². The number of anilines is 2. The van der Waals surface area contributed by atoms with Gasteiger partial charge < -0.3 is 11.1 Å². The van der Waals surface area contributed by atoms with Crippen LogP contribution in [0.3, 0.4) is 0 Å². The predicted octanol–water partition coefficient (Wildman–Crippen LogP) is 0.413. The van der Waals surface area contributed by atoms with Gasteiger partial charge >= 0.3 is 0 Å². The Morgan fingerprint density at radius 3 is 2.21 bits per heavy atom. The maximum atomic E-state index is 13.3. The maximum Gasteiger partial charge on any atom is 0.253 e. The lowest BCUT2D eigenvalue weighted by atomic mass is 10.0. The van der Waals surface area contributed by atoms with E-state index in [0.717, 1.165) is 0 Å². The topological polar surface area (TPSA) is 72.2 Å². The van der Waals surface area contributed by atoms with Crippen LogP contribution in [-0.4, -0.2) is 11.7 Å². The van der Waals surface area contributed by atoms with Crippen molar-refractivity contribution in [1.29, 1.82) is 0 Å². The first-order valence-corrected chi connectivity index (χ1v) is 4.29. The van der Waals surface area contributed by atoms with E-state index in [1.165, 1.54) is 13.8 Å². The zero-order chi connectivity index (χ0) is 11.1. The van der Waals surface area contributed by atoms with Crippen molar-refractivity contribution in [3.05, 3.63) is 20.4 Å². The fourth-order valence-electron chi connectivity index (χ4n) is 0.941. The lowest BCUT2D eigenvalue weighted by molar-refractivity contribution is 0.192. The van der Waals surface area contributed by atoms with Crippen molar-refractivity contribution in [3.8, 4) is 0 Å². The molecule has 78 valence electrons. The van der Waals surface area contributed by atoms with E-state index < -0.39 is 22.6 Å². The Balaban J connectivity index is 2.83. The molecule has 1 aromatic rings. The van der Waals surface area contributed by atoms with E-state index in [1.54, 1.807) is 6.92 Å². The highest BCUT2D eigenvalue weighted by atomic mass is 19.1. The van der Waals surface area contributed by atoms with Crippen molar-refractivity contribution >= 4 is 11.4 Å². The summed E-state index contributed by atoms with van der Waals surface area (Å²) in [4.78, 5) is 21.7. The molecule has 0 saturated heterocycles. The molecule has 0 aliphatic carbocycles. The van der Waals surface area contributed by atoms with Crippen molar-refractivity contribution in [1.82, 2.24) is 0 Å². The summed E-state index contributed by atoms with van der Waals surface area (Å²) in [5, 5.41) is 2.60. The highest BCUT2D eigenvalue weighted by Crippen LogP contribution is 2.19. The van der Waals surface area contributed by atoms with Crippen LogP contribution in [0.2, 0.25) is 0 Å². The molecule has 4 nitrogen and oxygen atoms in total. The Morgan fingerprint density at radius 2 is 1.86 bits per heavy atom. The van der Waals surface area contributed by atoms with Crippen molar-refractivity contribution in [2.24, 2.45) is 0 Å². The second-order valence-corrected chi connectivity index (χ2v) is 3.88. The second kappa shape index (κ2) is 3.08. The molecule has 0 heterocycles. The molecular weight excluding hydrogens is 187 g/mol. The average molecular weight is 200 g/mol. The molecule has 0 amide bonds. The molecule has 1 unspecified atom stereocenters. The van der Waals surface area contributed by atoms with Crippen LogP contribution in [-0.2, 0) is 0 Å². The summed E-state index contributed by atoms with van der Waals surface area (Å²) in [7, 11) is 0. The van der Waals surface area contributed by atoms with Crippen LogP contribution < -0.4 is 21.9 Å². The number of alkyl halides is 1. The van der Waals surface area contributed by atoms with Gasteiger partial charge in [0.15, 0.2) is 0 Å². The Hall–Kier alpha value is -1.39. The van der Waals surface area contributed by atoms with Gasteiger partial charge in [0, 0.05) is 0 Å². The Labute approximate surface area is 80.6 Å². The van der Waals surface area contributed by atoms with Gasteiger partial charge in [0.2, 0.25) is 0 Å². The quantitative estimate of drug-likeness (QED) is 0.693. The molecule has 14 heavy (non-hydrogen) atoms. The van der Waals surface area contributed by atoms with Gasteiger partial charge in [-0.15, -0.1) is 0 Å². The SMILES string of the molecule is CC(Nc1c(N)c(=O)c1=O)C(C)(C)F. The van der Waals surface area contributed by atoms with Crippen molar-refractivity contribution in [2.75, 3.05) is 11.1 Å². The van der Waals surface area contributed by atoms with E-state index in [1.807, 2.05) is 0 Å². The number of hydrogen-bond donors (Lipinski definition) is 2. The van der Waals surface area contributed by atoms with Crippen molar-refractivity contribution < 1.29 is 4.39 Å². The zero-order valence-electron chi connectivity index (χ0n) is 8.35. The zero-order valence-corrected chi connectivity index (χ0v) is 8.35. The molecule has 0 aromatic heterocycles. The minimum Gasteiger partial charge on any atom is -0.394 e. The first kappa shape index (κ1) is 10.7. The van der Waals surface area contributed by atoms with Gasteiger partial charge in [-0.2, -0.15) is 0 Å². The number of rotatable bonds is 3. The molecule has 0 aliphatic heterocycles. The summed E-state index contributed by atoms with van der Waals surface area (Å²) < 4.78 is 13.3. The fourth-order valence-corrected chi connectivity index (χ4v) is 0.941. The summed E-state index contributed by atoms with van der Waals surface area (Å²) in [6.07, 6.45) is 0. The number of hydrogen-bond acceptors (Lipinski definition) is 4. The summed E-state index contributed by atoms with van der Waals surface area (Å²) in [5.41, 5.74) is 2.36. The van der Waals surface area contributed by atoms with Crippen LogP contribution in [0.5, 0.6) is 0 Å². The highest BCUT2D eigenvalue weighted by Gasteiger charge is 2.28. The Bertz CT molecular complexity index is 413. The van der Waals surface area contributed by atoms with Gasteiger partial charge in [0.05, 0.1) is 6.04 Å². The minimum atomic E-state index is -1.48. The fraction of sp³-hybridized carbons (Fsp3) is 0.556. The minimum absolute atomic E-state index is 0.0354. The molecule has 0 aliphatic rings. The van der Waals surface area contributed by atoms with Crippen LogP contribution >= 0.6 is 0 Å². The largest absolute Gasteiger partial charge is 0.394 e. The first-order chi connectivity index (χ1) is 6.25. The van der Waals surface area contributed by atoms with Gasteiger partial charge in [-0.1, -0.05) is 0 Å². The third-order valence-corrected chi connectivity index (χ3v) is 2.34. The van der Waals surface area contributed by atoms with E-state index in [0.29, 0.717) is 0 Å². The molecule has 1 atom stereocenters. The molecule has 0 radical (unpaired) electrons. The van der Waals surface area contributed by atoms with Crippen molar-refractivity contribution in [2.45, 2.75) is 32.5 Å². The van der Waals surface area contributed by atoms with Crippen LogP contribution in [0.4, 0.5) is 15.8 Å². The predicted molar refractivity (Wildman–Crippen MR) is 54.0 cm³/mol. The molecule has 3 N–H and O–H groups in total. The normalized spacial score (nSPS) is 14.3. The van der Waals surface area contributed by atoms with Crippen LogP contribution in [0.25, 0.3) is 0 Å². The summed E-state index contributed by atoms with van der Waals surface area (Å²) >= 11 is 0. The first-order valence-electron chi connectivity index (χ1n) is 4.29. The molecule has 1 rings (SSSR count). The smallest absolute Gasteiger partial charge is 0.253 e. The van der Waals surface area contributed by atoms with Crippen LogP contribution in [0, 0.1) is 0 Å². The average Bonchev–Trinajstić information content (AvgIpc) is 2.10. The highest BCUT2D eigenvalue weighted by molar-refractivity contribution is 5.71. The molecule has 0 saturated carbocycles. The lowest BCUT2D eigenvalue weighted by Gasteiger charge is -2.25. The third kappa shape index (κ3) is 1.62. The Morgan fingerprint density at radius 1 is 1.36 bits per heavy atom. The second-order valence-electron chi connectivity index (χ2n) is 3.88. The monoisotopic (exact) mass is 200 g/mol. The molecule has 5 heteroatoms. The number of nitrogens with one attached hydrogen (secondary N) is 1. The van der Waals surface area contributed by atoms with Gasteiger partial charge in [-0.05, 0) is 20.8 Å². The van der Waals surface area contributed by atoms with Crippen LogP contribution in [0.1, 0.15) is 20.8 Å². The number of halogens is 1. The maximum absolute atomic E-state index is 13.3. The standard InChI is InChI=1S/C9H13FN2O2/c1-4(9(2,3)10)12-6-5(11)7(13)8(6)14/h4,12H,11H2,1-3H3. The summed E-state index contributed by atoms with van der Waals surface area (Å²) in [6, 6.07) is -0.576.